The van der Waals surface area contributed by atoms with Crippen LogP contribution in [0, 0.1) is 0 Å². The molecule has 2 rings (SSSR count). The molecule has 0 amide bonds. The van der Waals surface area contributed by atoms with Gasteiger partial charge < -0.3 is 5.11 Å². The Labute approximate surface area is 116 Å². The van der Waals surface area contributed by atoms with Crippen LogP contribution >= 0.6 is 0 Å². The van der Waals surface area contributed by atoms with Crippen LogP contribution in [0.3, 0.4) is 0 Å². The van der Waals surface area contributed by atoms with E-state index >= 15 is 0 Å². The van der Waals surface area contributed by atoms with Crippen LogP contribution in [0.2, 0.25) is 0 Å². The molecule has 106 valence electrons. The average molecular weight is 262 g/mol. The summed E-state index contributed by atoms with van der Waals surface area (Å²) in [5.74, 6) is 0. The highest BCUT2D eigenvalue weighted by molar-refractivity contribution is 5.14. The molecule has 1 aromatic carbocycles. The predicted molar refractivity (Wildman–Crippen MR) is 79.1 cm³/mol. The van der Waals surface area contributed by atoms with Crippen LogP contribution in [-0.4, -0.2) is 53.7 Å². The summed E-state index contributed by atoms with van der Waals surface area (Å²) < 4.78 is 0. The SMILES string of the molecule is CCN(Cc1ccccc1)[C@H]1CCCN(CCO)C1. The third kappa shape index (κ3) is 4.30. The van der Waals surface area contributed by atoms with E-state index in [2.05, 4.69) is 47.1 Å². The van der Waals surface area contributed by atoms with E-state index < -0.39 is 0 Å². The third-order valence-electron chi connectivity index (χ3n) is 4.05. The summed E-state index contributed by atoms with van der Waals surface area (Å²) in [6, 6.07) is 11.3. The van der Waals surface area contributed by atoms with Gasteiger partial charge in [0.2, 0.25) is 0 Å². The van der Waals surface area contributed by atoms with Gasteiger partial charge in [-0.2, -0.15) is 0 Å². The molecule has 0 saturated carbocycles. The molecule has 1 atom stereocenters. The lowest BCUT2D eigenvalue weighted by Crippen LogP contribution is -2.48. The van der Waals surface area contributed by atoms with E-state index in [1.165, 1.54) is 18.4 Å². The van der Waals surface area contributed by atoms with Crippen molar-refractivity contribution in [1.82, 2.24) is 9.80 Å². The molecule has 1 aromatic rings. The first kappa shape index (κ1) is 14.5. The predicted octanol–water partition coefficient (Wildman–Crippen LogP) is 1.97. The number of β-amino-alcohol motifs (C(OH)–C–C–N with tert-alkyl or cyclic N) is 1. The van der Waals surface area contributed by atoms with Gasteiger partial charge in [-0.1, -0.05) is 37.3 Å². The first-order valence-corrected chi connectivity index (χ1v) is 7.44. The molecule has 3 heteroatoms. The second kappa shape index (κ2) is 7.63. The quantitative estimate of drug-likeness (QED) is 0.849. The fourth-order valence-electron chi connectivity index (χ4n) is 2.99. The number of nitrogens with zero attached hydrogens (tertiary/aromatic N) is 2. The van der Waals surface area contributed by atoms with Crippen molar-refractivity contribution in [3.05, 3.63) is 35.9 Å². The fraction of sp³-hybridized carbons (Fsp3) is 0.625. The molecule has 19 heavy (non-hydrogen) atoms. The minimum absolute atomic E-state index is 0.275. The van der Waals surface area contributed by atoms with Crippen LogP contribution in [0.25, 0.3) is 0 Å². The van der Waals surface area contributed by atoms with Gasteiger partial charge in [-0.25, -0.2) is 0 Å². The number of rotatable bonds is 6. The van der Waals surface area contributed by atoms with Gasteiger partial charge in [0.05, 0.1) is 6.61 Å². The summed E-state index contributed by atoms with van der Waals surface area (Å²) in [5.41, 5.74) is 1.39. The van der Waals surface area contributed by atoms with E-state index in [1.54, 1.807) is 0 Å². The lowest BCUT2D eigenvalue weighted by molar-refractivity contribution is 0.0838. The summed E-state index contributed by atoms with van der Waals surface area (Å²) in [5, 5.41) is 9.08. The highest BCUT2D eigenvalue weighted by atomic mass is 16.3. The number of aliphatic hydroxyl groups is 1. The Morgan fingerprint density at radius 1 is 1.32 bits per heavy atom. The Morgan fingerprint density at radius 3 is 2.79 bits per heavy atom. The van der Waals surface area contributed by atoms with Crippen LogP contribution in [0.5, 0.6) is 0 Å². The van der Waals surface area contributed by atoms with Crippen LogP contribution < -0.4 is 0 Å². The van der Waals surface area contributed by atoms with E-state index in [-0.39, 0.29) is 6.61 Å². The molecule has 1 saturated heterocycles. The van der Waals surface area contributed by atoms with Crippen molar-refractivity contribution in [2.24, 2.45) is 0 Å². The lowest BCUT2D eigenvalue weighted by Gasteiger charge is -2.39. The zero-order valence-electron chi connectivity index (χ0n) is 12.0. The van der Waals surface area contributed by atoms with E-state index in [9.17, 15) is 0 Å². The third-order valence-corrected chi connectivity index (χ3v) is 4.05. The number of hydrogen-bond donors (Lipinski definition) is 1. The molecule has 1 fully saturated rings. The maximum atomic E-state index is 9.08. The Bertz CT molecular complexity index is 353. The lowest BCUT2D eigenvalue weighted by atomic mass is 10.0. The molecular formula is C16H26N2O. The van der Waals surface area contributed by atoms with Crippen molar-refractivity contribution in [2.75, 3.05) is 32.8 Å². The first-order chi connectivity index (χ1) is 9.33. The second-order valence-electron chi connectivity index (χ2n) is 5.37. The Balaban J connectivity index is 1.93. The summed E-state index contributed by atoms with van der Waals surface area (Å²) in [6.45, 7) is 7.70. The van der Waals surface area contributed by atoms with Gasteiger partial charge in [-0.15, -0.1) is 0 Å². The van der Waals surface area contributed by atoms with Crippen molar-refractivity contribution in [3.8, 4) is 0 Å². The smallest absolute Gasteiger partial charge is 0.0558 e. The van der Waals surface area contributed by atoms with Crippen molar-refractivity contribution in [1.29, 1.82) is 0 Å². The maximum Gasteiger partial charge on any atom is 0.0558 e. The molecule has 0 bridgehead atoms. The van der Waals surface area contributed by atoms with E-state index in [1.807, 2.05) is 0 Å². The van der Waals surface area contributed by atoms with Gasteiger partial charge >= 0.3 is 0 Å². The van der Waals surface area contributed by atoms with Gasteiger partial charge in [-0.3, -0.25) is 9.80 Å². The molecule has 1 heterocycles. The van der Waals surface area contributed by atoms with Crippen molar-refractivity contribution in [2.45, 2.75) is 32.4 Å². The number of hydrogen-bond acceptors (Lipinski definition) is 3. The van der Waals surface area contributed by atoms with Crippen LogP contribution in [0.15, 0.2) is 30.3 Å². The molecule has 0 unspecified atom stereocenters. The monoisotopic (exact) mass is 262 g/mol. The largest absolute Gasteiger partial charge is 0.395 e. The number of piperidine rings is 1. The highest BCUT2D eigenvalue weighted by Gasteiger charge is 2.24. The first-order valence-electron chi connectivity index (χ1n) is 7.44. The minimum atomic E-state index is 0.275. The zero-order chi connectivity index (χ0) is 13.5. The van der Waals surface area contributed by atoms with Gasteiger partial charge in [0.1, 0.15) is 0 Å². The summed E-state index contributed by atoms with van der Waals surface area (Å²) in [6.07, 6.45) is 2.53. The average Bonchev–Trinajstić information content (AvgIpc) is 2.46. The summed E-state index contributed by atoms with van der Waals surface area (Å²) >= 11 is 0. The van der Waals surface area contributed by atoms with E-state index in [0.29, 0.717) is 6.04 Å². The molecule has 0 aliphatic carbocycles. The molecule has 1 aliphatic heterocycles. The maximum absolute atomic E-state index is 9.08. The standard InChI is InChI=1S/C16H26N2O/c1-2-18(13-15-7-4-3-5-8-15)16-9-6-10-17(14-16)11-12-19/h3-5,7-8,16,19H,2,6,9-14H2,1H3/t16-/m0/s1. The topological polar surface area (TPSA) is 26.7 Å². The molecule has 1 N–H and O–H groups in total. The Hall–Kier alpha value is -0.900. The number of benzene rings is 1. The molecular weight excluding hydrogens is 236 g/mol. The minimum Gasteiger partial charge on any atom is -0.395 e. The van der Waals surface area contributed by atoms with Crippen LogP contribution in [-0.2, 0) is 6.54 Å². The molecule has 3 nitrogen and oxygen atoms in total. The van der Waals surface area contributed by atoms with E-state index in [4.69, 9.17) is 5.11 Å². The summed E-state index contributed by atoms with van der Waals surface area (Å²) in [4.78, 5) is 4.96. The van der Waals surface area contributed by atoms with Crippen LogP contribution in [0.4, 0.5) is 0 Å². The fourth-order valence-corrected chi connectivity index (χ4v) is 2.99. The Kier molecular flexibility index (Phi) is 5.83. The normalized spacial score (nSPS) is 20.9. The van der Waals surface area contributed by atoms with Crippen LogP contribution in [0.1, 0.15) is 25.3 Å². The number of aliphatic hydroxyl groups excluding tert-OH is 1. The van der Waals surface area contributed by atoms with Gasteiger partial charge in [-0.05, 0) is 31.5 Å². The highest BCUT2D eigenvalue weighted by Crippen LogP contribution is 2.18. The Morgan fingerprint density at radius 2 is 2.11 bits per heavy atom. The molecule has 1 aliphatic rings. The van der Waals surface area contributed by atoms with Gasteiger partial charge in [0.15, 0.2) is 0 Å². The number of likely N-dealkylation sites (N-methyl/N-ethyl adjacent to an activating group) is 1. The molecule has 0 aromatic heterocycles. The van der Waals surface area contributed by atoms with E-state index in [0.717, 1.165) is 32.7 Å². The van der Waals surface area contributed by atoms with Gasteiger partial charge in [0.25, 0.3) is 0 Å². The molecule has 0 spiro atoms. The van der Waals surface area contributed by atoms with Gasteiger partial charge in [0, 0.05) is 25.7 Å². The number of likely N-dealkylation sites (tertiary alicyclic amines) is 1. The second-order valence-corrected chi connectivity index (χ2v) is 5.37. The summed E-state index contributed by atoms with van der Waals surface area (Å²) in [7, 11) is 0. The van der Waals surface area contributed by atoms with Crippen molar-refractivity contribution in [3.63, 3.8) is 0 Å². The van der Waals surface area contributed by atoms with Crippen molar-refractivity contribution < 1.29 is 5.11 Å². The molecule has 0 radical (unpaired) electrons. The van der Waals surface area contributed by atoms with Crippen molar-refractivity contribution >= 4 is 0 Å². The zero-order valence-corrected chi connectivity index (χ0v) is 12.0.